The number of halogens is 2. The van der Waals surface area contributed by atoms with Crippen LogP contribution in [0, 0.1) is 24.5 Å². The van der Waals surface area contributed by atoms with Crippen molar-refractivity contribution in [2.45, 2.75) is 26.8 Å². The lowest BCUT2D eigenvalue weighted by Crippen LogP contribution is -2.47. The zero-order valence-corrected chi connectivity index (χ0v) is 15.5. The first-order valence-corrected chi connectivity index (χ1v) is 8.51. The van der Waals surface area contributed by atoms with Gasteiger partial charge in [-0.15, -0.1) is 0 Å². The van der Waals surface area contributed by atoms with Crippen molar-refractivity contribution < 1.29 is 28.3 Å². The van der Waals surface area contributed by atoms with Crippen molar-refractivity contribution in [1.29, 1.82) is 0 Å². The van der Waals surface area contributed by atoms with Crippen molar-refractivity contribution in [2.24, 2.45) is 5.92 Å². The SMILES string of the molecule is Cc1cc(NC(=O)C(NC(=O)c2c(F)cccc2F)C(C)C)ccc1C(=O)O. The van der Waals surface area contributed by atoms with Crippen LogP contribution in [0.1, 0.15) is 40.1 Å². The van der Waals surface area contributed by atoms with E-state index in [2.05, 4.69) is 10.6 Å². The Morgan fingerprint density at radius 3 is 2.14 bits per heavy atom. The van der Waals surface area contributed by atoms with Gasteiger partial charge in [0, 0.05) is 5.69 Å². The molecule has 2 amide bonds. The molecule has 8 heteroatoms. The van der Waals surface area contributed by atoms with Gasteiger partial charge in [-0.3, -0.25) is 9.59 Å². The van der Waals surface area contributed by atoms with Gasteiger partial charge in [0.15, 0.2) is 0 Å². The van der Waals surface area contributed by atoms with Crippen molar-refractivity contribution in [3.8, 4) is 0 Å². The molecule has 6 nitrogen and oxygen atoms in total. The molecule has 2 aromatic rings. The minimum atomic E-state index is -1.09. The molecule has 3 N–H and O–H groups in total. The molecule has 2 aromatic carbocycles. The van der Waals surface area contributed by atoms with Crippen molar-refractivity contribution in [3.05, 3.63) is 64.7 Å². The van der Waals surface area contributed by atoms with Gasteiger partial charge in [-0.1, -0.05) is 19.9 Å². The Kier molecular flexibility index (Phi) is 6.45. The van der Waals surface area contributed by atoms with Gasteiger partial charge >= 0.3 is 5.97 Å². The van der Waals surface area contributed by atoms with E-state index in [-0.39, 0.29) is 11.5 Å². The predicted octanol–water partition coefficient (Wildman–Crippen LogP) is 3.36. The van der Waals surface area contributed by atoms with Crippen LogP contribution in [0.2, 0.25) is 0 Å². The number of carbonyl (C=O) groups excluding carboxylic acids is 2. The summed E-state index contributed by atoms with van der Waals surface area (Å²) in [6, 6.07) is 6.24. The van der Waals surface area contributed by atoms with E-state index in [0.29, 0.717) is 11.3 Å². The second kappa shape index (κ2) is 8.60. The van der Waals surface area contributed by atoms with Crippen molar-refractivity contribution in [3.63, 3.8) is 0 Å². The molecule has 0 bridgehead atoms. The fourth-order valence-electron chi connectivity index (χ4n) is 2.66. The standard InChI is InChI=1S/C20H20F2N2O4/c1-10(2)17(24-18(25)16-14(21)5-4-6-15(16)22)19(26)23-12-7-8-13(20(27)28)11(3)9-12/h4-10,17H,1-3H3,(H,23,26)(H,24,25)(H,27,28). The first-order valence-electron chi connectivity index (χ1n) is 8.51. The third kappa shape index (κ3) is 4.70. The Morgan fingerprint density at radius 2 is 1.64 bits per heavy atom. The summed E-state index contributed by atoms with van der Waals surface area (Å²) >= 11 is 0. The van der Waals surface area contributed by atoms with E-state index in [1.54, 1.807) is 20.8 Å². The van der Waals surface area contributed by atoms with Crippen molar-refractivity contribution in [2.75, 3.05) is 5.32 Å². The van der Waals surface area contributed by atoms with Crippen molar-refractivity contribution >= 4 is 23.5 Å². The number of nitrogens with one attached hydrogen (secondary N) is 2. The highest BCUT2D eigenvalue weighted by molar-refractivity contribution is 6.01. The van der Waals surface area contributed by atoms with Crippen LogP contribution < -0.4 is 10.6 Å². The monoisotopic (exact) mass is 390 g/mol. The molecular formula is C20H20F2N2O4. The molecule has 0 aliphatic heterocycles. The van der Waals surface area contributed by atoms with E-state index >= 15 is 0 Å². The lowest BCUT2D eigenvalue weighted by molar-refractivity contribution is -0.118. The van der Waals surface area contributed by atoms with Crippen LogP contribution in [0.5, 0.6) is 0 Å². The Balaban J connectivity index is 2.20. The minimum Gasteiger partial charge on any atom is -0.478 e. The number of carbonyl (C=O) groups is 3. The van der Waals surface area contributed by atoms with E-state index < -0.39 is 41.0 Å². The highest BCUT2D eigenvalue weighted by atomic mass is 19.1. The van der Waals surface area contributed by atoms with E-state index in [4.69, 9.17) is 5.11 Å². The third-order valence-electron chi connectivity index (χ3n) is 4.15. The lowest BCUT2D eigenvalue weighted by Gasteiger charge is -2.22. The second-order valence-corrected chi connectivity index (χ2v) is 6.62. The van der Waals surface area contributed by atoms with Gasteiger partial charge in [0.25, 0.3) is 5.91 Å². The van der Waals surface area contributed by atoms with Gasteiger partial charge in [0.2, 0.25) is 5.91 Å². The van der Waals surface area contributed by atoms with E-state index in [9.17, 15) is 23.2 Å². The summed E-state index contributed by atoms with van der Waals surface area (Å²) in [6.07, 6.45) is 0. The Labute approximate surface area is 160 Å². The molecule has 0 aromatic heterocycles. The van der Waals surface area contributed by atoms with Gasteiger partial charge in [-0.25, -0.2) is 13.6 Å². The summed E-state index contributed by atoms with van der Waals surface area (Å²) in [6.45, 7) is 4.92. The first kappa shape index (κ1) is 21.0. The molecule has 0 spiro atoms. The van der Waals surface area contributed by atoms with Crippen LogP contribution >= 0.6 is 0 Å². The Bertz CT molecular complexity index is 908. The zero-order chi connectivity index (χ0) is 21.0. The number of amides is 2. The van der Waals surface area contributed by atoms with E-state index in [0.717, 1.165) is 18.2 Å². The van der Waals surface area contributed by atoms with Crippen LogP contribution in [0.25, 0.3) is 0 Å². The maximum Gasteiger partial charge on any atom is 0.335 e. The highest BCUT2D eigenvalue weighted by Gasteiger charge is 2.27. The van der Waals surface area contributed by atoms with E-state index in [1.165, 1.54) is 18.2 Å². The van der Waals surface area contributed by atoms with Crippen LogP contribution in [0.3, 0.4) is 0 Å². The lowest BCUT2D eigenvalue weighted by atomic mass is 10.0. The number of aromatic carboxylic acids is 1. The maximum absolute atomic E-state index is 13.8. The molecule has 0 saturated carbocycles. The number of anilines is 1. The number of hydrogen-bond acceptors (Lipinski definition) is 3. The number of carboxylic acids is 1. The number of hydrogen-bond donors (Lipinski definition) is 3. The number of rotatable bonds is 6. The average Bonchev–Trinajstić information content (AvgIpc) is 2.58. The maximum atomic E-state index is 13.8. The quantitative estimate of drug-likeness (QED) is 0.705. The topological polar surface area (TPSA) is 95.5 Å². The van der Waals surface area contributed by atoms with Gasteiger partial charge in [-0.2, -0.15) is 0 Å². The zero-order valence-electron chi connectivity index (χ0n) is 15.5. The van der Waals surface area contributed by atoms with Gasteiger partial charge in [0.05, 0.1) is 5.56 Å². The Morgan fingerprint density at radius 1 is 1.04 bits per heavy atom. The summed E-state index contributed by atoms with van der Waals surface area (Å²) in [5.74, 6) is -5.15. The minimum absolute atomic E-state index is 0.0988. The summed E-state index contributed by atoms with van der Waals surface area (Å²) in [5.41, 5.74) is 0.123. The molecule has 1 unspecified atom stereocenters. The molecule has 28 heavy (non-hydrogen) atoms. The molecule has 0 saturated heterocycles. The first-order chi connectivity index (χ1) is 13.1. The van der Waals surface area contributed by atoms with Crippen LogP contribution in [0.4, 0.5) is 14.5 Å². The smallest absolute Gasteiger partial charge is 0.335 e. The molecule has 148 valence electrons. The van der Waals surface area contributed by atoms with E-state index in [1.807, 2.05) is 0 Å². The van der Waals surface area contributed by atoms with Crippen LogP contribution in [-0.2, 0) is 4.79 Å². The summed E-state index contributed by atoms with van der Waals surface area (Å²) < 4.78 is 27.6. The number of benzene rings is 2. The number of aryl methyl sites for hydroxylation is 1. The predicted molar refractivity (Wildman–Crippen MR) is 99.2 cm³/mol. The summed E-state index contributed by atoms with van der Waals surface area (Å²) in [5, 5.41) is 14.0. The van der Waals surface area contributed by atoms with Gasteiger partial charge < -0.3 is 15.7 Å². The summed E-state index contributed by atoms with van der Waals surface area (Å²) in [4.78, 5) is 36.0. The molecular weight excluding hydrogens is 370 g/mol. The molecule has 1 atom stereocenters. The fraction of sp³-hybridized carbons (Fsp3) is 0.250. The largest absolute Gasteiger partial charge is 0.478 e. The van der Waals surface area contributed by atoms with Crippen LogP contribution in [0.15, 0.2) is 36.4 Å². The molecule has 0 aliphatic rings. The average molecular weight is 390 g/mol. The molecule has 0 heterocycles. The van der Waals surface area contributed by atoms with Crippen molar-refractivity contribution in [1.82, 2.24) is 5.32 Å². The van der Waals surface area contributed by atoms with Gasteiger partial charge in [0.1, 0.15) is 23.2 Å². The molecule has 0 radical (unpaired) electrons. The molecule has 0 fully saturated rings. The summed E-state index contributed by atoms with van der Waals surface area (Å²) in [7, 11) is 0. The Hall–Kier alpha value is -3.29. The van der Waals surface area contributed by atoms with Gasteiger partial charge in [-0.05, 0) is 48.7 Å². The number of carboxylic acid groups (broad SMARTS) is 1. The van der Waals surface area contributed by atoms with Crippen LogP contribution in [-0.4, -0.2) is 28.9 Å². The molecule has 0 aliphatic carbocycles. The molecule has 2 rings (SSSR count). The second-order valence-electron chi connectivity index (χ2n) is 6.62. The fourth-order valence-corrected chi connectivity index (χ4v) is 2.66. The highest BCUT2D eigenvalue weighted by Crippen LogP contribution is 2.17. The normalized spacial score (nSPS) is 11.8. The third-order valence-corrected chi connectivity index (χ3v) is 4.15.